The van der Waals surface area contributed by atoms with E-state index in [2.05, 4.69) is 12.2 Å². The predicted octanol–water partition coefficient (Wildman–Crippen LogP) is 1.84. The number of aliphatic carboxylic acids is 1. The molecule has 0 aromatic heterocycles. The number of carbonyl (C=O) groups is 1. The van der Waals surface area contributed by atoms with Gasteiger partial charge in [-0.3, -0.25) is 4.79 Å². The molecule has 1 aromatic rings. The van der Waals surface area contributed by atoms with Crippen LogP contribution < -0.4 is 5.32 Å². The van der Waals surface area contributed by atoms with Gasteiger partial charge in [0.05, 0.1) is 6.42 Å². The fraction of sp³-hybridized carbons (Fsp3) is 0.364. The molecule has 2 N–H and O–H groups in total. The van der Waals surface area contributed by atoms with E-state index in [0.717, 1.165) is 17.8 Å². The Balaban J connectivity index is 2.28. The van der Waals surface area contributed by atoms with Crippen LogP contribution in [0.3, 0.4) is 0 Å². The number of rotatable bonds is 2. The van der Waals surface area contributed by atoms with Crippen molar-refractivity contribution in [2.45, 2.75) is 19.3 Å². The summed E-state index contributed by atoms with van der Waals surface area (Å²) < 4.78 is 0. The van der Waals surface area contributed by atoms with Crippen molar-refractivity contribution < 1.29 is 9.90 Å². The minimum atomic E-state index is -0.781. The van der Waals surface area contributed by atoms with Crippen LogP contribution in [0.1, 0.15) is 24.0 Å². The van der Waals surface area contributed by atoms with Gasteiger partial charge in [0.15, 0.2) is 0 Å². The Hall–Kier alpha value is -1.51. The first-order valence-corrected chi connectivity index (χ1v) is 4.75. The molecule has 0 saturated heterocycles. The molecule has 1 aliphatic rings. The molecule has 2 rings (SSSR count). The van der Waals surface area contributed by atoms with Crippen LogP contribution in [-0.2, 0) is 11.2 Å². The average molecular weight is 191 g/mol. The van der Waals surface area contributed by atoms with Gasteiger partial charge in [0, 0.05) is 18.2 Å². The molecule has 0 saturated carbocycles. The van der Waals surface area contributed by atoms with Crippen LogP contribution in [0.25, 0.3) is 0 Å². The molecule has 14 heavy (non-hydrogen) atoms. The topological polar surface area (TPSA) is 49.3 Å². The molecular formula is C11H13NO2. The van der Waals surface area contributed by atoms with Gasteiger partial charge < -0.3 is 10.4 Å². The molecule has 74 valence electrons. The minimum absolute atomic E-state index is 0.101. The van der Waals surface area contributed by atoms with Gasteiger partial charge in [0.1, 0.15) is 0 Å². The monoisotopic (exact) mass is 191 g/mol. The SMILES string of the molecule is CC1CNc2cc(CC(=O)O)ccc21. The minimum Gasteiger partial charge on any atom is -0.481 e. The predicted molar refractivity (Wildman–Crippen MR) is 54.7 cm³/mol. The molecule has 3 nitrogen and oxygen atoms in total. The fourth-order valence-electron chi connectivity index (χ4n) is 1.84. The maximum Gasteiger partial charge on any atom is 0.307 e. The Morgan fingerprint density at radius 2 is 2.43 bits per heavy atom. The van der Waals surface area contributed by atoms with Crippen molar-refractivity contribution >= 4 is 11.7 Å². The summed E-state index contributed by atoms with van der Waals surface area (Å²) in [5.74, 6) is -0.250. The highest BCUT2D eigenvalue weighted by molar-refractivity contribution is 5.71. The summed E-state index contributed by atoms with van der Waals surface area (Å²) in [6, 6.07) is 5.86. The number of benzene rings is 1. The van der Waals surface area contributed by atoms with E-state index in [0.29, 0.717) is 5.92 Å². The van der Waals surface area contributed by atoms with Gasteiger partial charge in [-0.25, -0.2) is 0 Å². The number of carboxylic acid groups (broad SMARTS) is 1. The lowest BCUT2D eigenvalue weighted by atomic mass is 10.0. The first-order chi connectivity index (χ1) is 6.66. The average Bonchev–Trinajstić information content (AvgIpc) is 2.46. The molecule has 1 heterocycles. The van der Waals surface area contributed by atoms with Crippen molar-refractivity contribution in [1.29, 1.82) is 0 Å². The van der Waals surface area contributed by atoms with Crippen molar-refractivity contribution in [2.24, 2.45) is 0 Å². The lowest BCUT2D eigenvalue weighted by molar-refractivity contribution is -0.136. The van der Waals surface area contributed by atoms with Crippen LogP contribution in [0.2, 0.25) is 0 Å². The van der Waals surface area contributed by atoms with E-state index in [1.54, 1.807) is 0 Å². The first kappa shape index (κ1) is 9.06. The maximum absolute atomic E-state index is 10.5. The molecule has 0 fully saturated rings. The second-order valence-electron chi connectivity index (χ2n) is 3.77. The number of hydrogen-bond acceptors (Lipinski definition) is 2. The zero-order valence-electron chi connectivity index (χ0n) is 8.08. The van der Waals surface area contributed by atoms with Crippen molar-refractivity contribution in [1.82, 2.24) is 0 Å². The van der Waals surface area contributed by atoms with Crippen LogP contribution in [0.4, 0.5) is 5.69 Å². The summed E-state index contributed by atoms with van der Waals surface area (Å²) >= 11 is 0. The number of anilines is 1. The summed E-state index contributed by atoms with van der Waals surface area (Å²) in [5, 5.41) is 11.9. The third-order valence-electron chi connectivity index (χ3n) is 2.60. The van der Waals surface area contributed by atoms with Gasteiger partial charge in [0.2, 0.25) is 0 Å². The van der Waals surface area contributed by atoms with Gasteiger partial charge in [-0.2, -0.15) is 0 Å². The summed E-state index contributed by atoms with van der Waals surface area (Å²) in [5.41, 5.74) is 3.24. The molecule has 0 amide bonds. The number of carboxylic acids is 1. The maximum atomic E-state index is 10.5. The summed E-state index contributed by atoms with van der Waals surface area (Å²) in [4.78, 5) is 10.5. The smallest absolute Gasteiger partial charge is 0.307 e. The molecule has 1 unspecified atom stereocenters. The third kappa shape index (κ3) is 1.58. The van der Waals surface area contributed by atoms with Crippen LogP contribution in [0.5, 0.6) is 0 Å². The number of fused-ring (bicyclic) bond motifs is 1. The molecule has 1 aromatic carbocycles. The lowest BCUT2D eigenvalue weighted by Gasteiger charge is -2.04. The molecule has 0 spiro atoms. The molecule has 3 heteroatoms. The Morgan fingerprint density at radius 1 is 1.64 bits per heavy atom. The second-order valence-corrected chi connectivity index (χ2v) is 3.77. The highest BCUT2D eigenvalue weighted by atomic mass is 16.4. The van der Waals surface area contributed by atoms with E-state index in [1.165, 1.54) is 5.56 Å². The van der Waals surface area contributed by atoms with E-state index in [-0.39, 0.29) is 6.42 Å². The summed E-state index contributed by atoms with van der Waals surface area (Å²) in [6.07, 6.45) is 0.101. The van der Waals surface area contributed by atoms with Gasteiger partial charge in [-0.15, -0.1) is 0 Å². The molecular weight excluding hydrogens is 178 g/mol. The first-order valence-electron chi connectivity index (χ1n) is 4.75. The third-order valence-corrected chi connectivity index (χ3v) is 2.60. The molecule has 0 aliphatic carbocycles. The molecule has 1 aliphatic heterocycles. The summed E-state index contributed by atoms with van der Waals surface area (Å²) in [7, 11) is 0. The number of hydrogen-bond donors (Lipinski definition) is 2. The van der Waals surface area contributed by atoms with Crippen molar-refractivity contribution in [2.75, 3.05) is 11.9 Å². The highest BCUT2D eigenvalue weighted by Crippen LogP contribution is 2.31. The van der Waals surface area contributed by atoms with E-state index in [4.69, 9.17) is 5.11 Å². The second kappa shape index (κ2) is 3.33. The highest BCUT2D eigenvalue weighted by Gasteiger charge is 2.17. The van der Waals surface area contributed by atoms with Gasteiger partial charge in [-0.1, -0.05) is 19.1 Å². The van der Waals surface area contributed by atoms with Gasteiger partial charge in [-0.05, 0) is 17.2 Å². The van der Waals surface area contributed by atoms with E-state index in [9.17, 15) is 4.79 Å². The summed E-state index contributed by atoms with van der Waals surface area (Å²) in [6.45, 7) is 3.11. The van der Waals surface area contributed by atoms with Gasteiger partial charge >= 0.3 is 5.97 Å². The van der Waals surface area contributed by atoms with Crippen LogP contribution in [-0.4, -0.2) is 17.6 Å². The fourth-order valence-corrected chi connectivity index (χ4v) is 1.84. The van der Waals surface area contributed by atoms with E-state index in [1.807, 2.05) is 18.2 Å². The van der Waals surface area contributed by atoms with Crippen LogP contribution in [0, 0.1) is 0 Å². The Morgan fingerprint density at radius 3 is 3.14 bits per heavy atom. The van der Waals surface area contributed by atoms with Crippen LogP contribution in [0.15, 0.2) is 18.2 Å². The van der Waals surface area contributed by atoms with E-state index >= 15 is 0 Å². The van der Waals surface area contributed by atoms with Crippen molar-refractivity contribution in [3.8, 4) is 0 Å². The molecule has 1 atom stereocenters. The largest absolute Gasteiger partial charge is 0.481 e. The zero-order chi connectivity index (χ0) is 10.1. The van der Waals surface area contributed by atoms with Crippen molar-refractivity contribution in [3.63, 3.8) is 0 Å². The Labute approximate surface area is 82.8 Å². The zero-order valence-corrected chi connectivity index (χ0v) is 8.08. The normalized spacial score (nSPS) is 18.8. The lowest BCUT2D eigenvalue weighted by Crippen LogP contribution is -2.00. The quantitative estimate of drug-likeness (QED) is 0.750. The van der Waals surface area contributed by atoms with E-state index < -0.39 is 5.97 Å². The molecule has 0 radical (unpaired) electrons. The van der Waals surface area contributed by atoms with Crippen molar-refractivity contribution in [3.05, 3.63) is 29.3 Å². The molecule has 0 bridgehead atoms. The van der Waals surface area contributed by atoms with Crippen LogP contribution >= 0.6 is 0 Å². The Kier molecular flexibility index (Phi) is 2.15. The number of nitrogens with one attached hydrogen (secondary N) is 1. The standard InChI is InChI=1S/C11H13NO2/c1-7-6-12-10-4-8(5-11(13)14)2-3-9(7)10/h2-4,7,12H,5-6H2,1H3,(H,13,14). The Bertz CT molecular complexity index is 374. The van der Waals surface area contributed by atoms with Gasteiger partial charge in [0.25, 0.3) is 0 Å².